The zero-order valence-corrected chi connectivity index (χ0v) is 11.0. The quantitative estimate of drug-likeness (QED) is 0.869. The van der Waals surface area contributed by atoms with Crippen LogP contribution in [0.2, 0.25) is 0 Å². The number of hydrogen-bond acceptors (Lipinski definition) is 3. The molecule has 21 heavy (non-hydrogen) atoms. The smallest absolute Gasteiger partial charge is 0.335 e. The topological polar surface area (TPSA) is 90.5 Å². The van der Waals surface area contributed by atoms with E-state index in [0.29, 0.717) is 24.2 Å². The van der Waals surface area contributed by atoms with Gasteiger partial charge in [0.15, 0.2) is 0 Å². The molecular formula is C15H12N2O4. The number of anilines is 1. The van der Waals surface area contributed by atoms with Crippen LogP contribution in [-0.4, -0.2) is 28.5 Å². The number of nitrogens with one attached hydrogen (secondary N) is 1. The summed E-state index contributed by atoms with van der Waals surface area (Å²) in [5.74, 6) is -1.28. The molecule has 2 aromatic rings. The van der Waals surface area contributed by atoms with Gasteiger partial charge in [-0.15, -0.1) is 0 Å². The van der Waals surface area contributed by atoms with Crippen LogP contribution in [0.5, 0.6) is 0 Å². The third-order valence-electron chi connectivity index (χ3n) is 3.50. The number of benzene rings is 1. The average molecular weight is 284 g/mol. The van der Waals surface area contributed by atoms with Gasteiger partial charge in [-0.25, -0.2) is 4.79 Å². The largest absolute Gasteiger partial charge is 0.478 e. The van der Waals surface area contributed by atoms with Gasteiger partial charge in [-0.3, -0.25) is 9.59 Å². The zero-order chi connectivity index (χ0) is 15.0. The molecule has 0 bridgehead atoms. The fourth-order valence-electron chi connectivity index (χ4n) is 2.42. The number of carboxylic acid groups (broad SMARTS) is 1. The Labute approximate surface area is 119 Å². The lowest BCUT2D eigenvalue weighted by atomic mass is 10.1. The summed E-state index contributed by atoms with van der Waals surface area (Å²) in [4.78, 5) is 38.5. The Morgan fingerprint density at radius 1 is 1.14 bits per heavy atom. The van der Waals surface area contributed by atoms with E-state index in [1.807, 2.05) is 0 Å². The molecule has 1 aromatic heterocycles. The van der Waals surface area contributed by atoms with Gasteiger partial charge in [0.05, 0.1) is 11.1 Å². The lowest BCUT2D eigenvalue weighted by molar-refractivity contribution is 0.0696. The van der Waals surface area contributed by atoms with Crippen LogP contribution >= 0.6 is 0 Å². The van der Waals surface area contributed by atoms with E-state index in [9.17, 15) is 14.4 Å². The van der Waals surface area contributed by atoms with Gasteiger partial charge in [0.2, 0.25) is 5.56 Å². The van der Waals surface area contributed by atoms with Crippen LogP contribution in [0.15, 0.2) is 41.3 Å². The molecule has 0 spiro atoms. The number of aromatic carboxylic acids is 1. The van der Waals surface area contributed by atoms with Crippen molar-refractivity contribution in [2.75, 3.05) is 11.4 Å². The van der Waals surface area contributed by atoms with Gasteiger partial charge >= 0.3 is 5.97 Å². The maximum atomic E-state index is 12.5. The zero-order valence-electron chi connectivity index (χ0n) is 11.0. The number of H-pyrrole nitrogens is 1. The summed E-state index contributed by atoms with van der Waals surface area (Å²) in [5, 5.41) is 9.05. The Balaban J connectivity index is 1.98. The van der Waals surface area contributed by atoms with Crippen molar-refractivity contribution in [3.8, 4) is 0 Å². The van der Waals surface area contributed by atoms with Crippen LogP contribution < -0.4 is 10.5 Å². The molecule has 106 valence electrons. The second kappa shape index (κ2) is 4.90. The first-order valence-corrected chi connectivity index (χ1v) is 6.43. The Kier molecular flexibility index (Phi) is 3.06. The minimum Gasteiger partial charge on any atom is -0.478 e. The van der Waals surface area contributed by atoms with E-state index in [-0.39, 0.29) is 17.0 Å². The molecule has 0 radical (unpaired) electrons. The maximum Gasteiger partial charge on any atom is 0.335 e. The van der Waals surface area contributed by atoms with Gasteiger partial charge in [-0.1, -0.05) is 6.07 Å². The molecule has 2 N–H and O–H groups in total. The number of pyridine rings is 1. The summed E-state index contributed by atoms with van der Waals surface area (Å²) in [6, 6.07) is 7.53. The highest BCUT2D eigenvalue weighted by atomic mass is 16.4. The van der Waals surface area contributed by atoms with Crippen molar-refractivity contribution in [1.82, 2.24) is 4.98 Å². The van der Waals surface area contributed by atoms with Gasteiger partial charge < -0.3 is 15.0 Å². The molecule has 6 heteroatoms. The van der Waals surface area contributed by atoms with E-state index in [2.05, 4.69) is 4.98 Å². The van der Waals surface area contributed by atoms with Gasteiger partial charge in [0.1, 0.15) is 0 Å². The number of aromatic nitrogens is 1. The molecule has 0 unspecified atom stereocenters. The van der Waals surface area contributed by atoms with Crippen molar-refractivity contribution in [3.63, 3.8) is 0 Å². The number of carboxylic acids is 1. The molecule has 1 aliphatic rings. The first-order valence-electron chi connectivity index (χ1n) is 6.43. The predicted octanol–water partition coefficient (Wildman–Crippen LogP) is 1.28. The Morgan fingerprint density at radius 2 is 1.90 bits per heavy atom. The Hall–Kier alpha value is -2.89. The standard InChI is InChI=1S/C15H12N2O4/c18-13-4-3-11(8-16-13)14(19)17-6-5-9-1-2-10(15(20)21)7-12(9)17/h1-4,7-8H,5-6H2,(H,16,18)(H,20,21). The number of hydrogen-bond donors (Lipinski definition) is 2. The third kappa shape index (κ3) is 2.31. The number of amides is 1. The molecule has 3 rings (SSSR count). The fourth-order valence-corrected chi connectivity index (χ4v) is 2.42. The van der Waals surface area contributed by atoms with Crippen molar-refractivity contribution in [3.05, 3.63) is 63.6 Å². The summed E-state index contributed by atoms with van der Waals surface area (Å²) in [6.45, 7) is 0.496. The highest BCUT2D eigenvalue weighted by Crippen LogP contribution is 2.30. The third-order valence-corrected chi connectivity index (χ3v) is 3.50. The second-order valence-corrected chi connectivity index (χ2v) is 4.80. The lowest BCUT2D eigenvalue weighted by Gasteiger charge is -2.17. The summed E-state index contributed by atoms with van der Waals surface area (Å²) in [6.07, 6.45) is 2.05. The van der Waals surface area contributed by atoms with E-state index < -0.39 is 5.97 Å². The summed E-state index contributed by atoms with van der Waals surface area (Å²) < 4.78 is 0. The number of carbonyl (C=O) groups excluding carboxylic acids is 1. The second-order valence-electron chi connectivity index (χ2n) is 4.80. The number of fused-ring (bicyclic) bond motifs is 1. The van der Waals surface area contributed by atoms with E-state index in [4.69, 9.17) is 5.11 Å². The number of rotatable bonds is 2. The highest BCUT2D eigenvalue weighted by Gasteiger charge is 2.26. The Morgan fingerprint density at radius 3 is 2.57 bits per heavy atom. The molecule has 2 heterocycles. The lowest BCUT2D eigenvalue weighted by Crippen LogP contribution is -2.29. The molecule has 0 saturated heterocycles. The van der Waals surface area contributed by atoms with Gasteiger partial charge in [0.25, 0.3) is 5.91 Å². The molecule has 1 aliphatic heterocycles. The molecular weight excluding hydrogens is 272 g/mol. The molecule has 0 aliphatic carbocycles. The van der Waals surface area contributed by atoms with E-state index in [0.717, 1.165) is 5.56 Å². The van der Waals surface area contributed by atoms with Crippen LogP contribution in [-0.2, 0) is 6.42 Å². The van der Waals surface area contributed by atoms with Gasteiger partial charge in [-0.2, -0.15) is 0 Å². The SMILES string of the molecule is O=C(O)c1ccc2c(c1)N(C(=O)c1ccc(=O)[nH]c1)CC2. The average Bonchev–Trinajstić information content (AvgIpc) is 2.90. The monoisotopic (exact) mass is 284 g/mol. The first-order chi connectivity index (χ1) is 10.1. The van der Waals surface area contributed by atoms with E-state index >= 15 is 0 Å². The van der Waals surface area contributed by atoms with Crippen LogP contribution in [0.25, 0.3) is 0 Å². The van der Waals surface area contributed by atoms with Crippen molar-refractivity contribution in [2.24, 2.45) is 0 Å². The normalized spacial score (nSPS) is 13.0. The first kappa shape index (κ1) is 13.1. The van der Waals surface area contributed by atoms with Crippen molar-refractivity contribution < 1.29 is 14.7 Å². The molecule has 0 atom stereocenters. The number of carbonyl (C=O) groups is 2. The van der Waals surface area contributed by atoms with Crippen molar-refractivity contribution in [2.45, 2.75) is 6.42 Å². The molecule has 0 fully saturated rings. The minimum atomic E-state index is -1.03. The van der Waals surface area contributed by atoms with Crippen LogP contribution in [0.4, 0.5) is 5.69 Å². The van der Waals surface area contributed by atoms with E-state index in [1.54, 1.807) is 6.07 Å². The van der Waals surface area contributed by atoms with Crippen LogP contribution in [0.3, 0.4) is 0 Å². The molecule has 6 nitrogen and oxygen atoms in total. The number of nitrogens with zero attached hydrogens (tertiary/aromatic N) is 1. The molecule has 1 amide bonds. The van der Waals surface area contributed by atoms with Crippen LogP contribution in [0, 0.1) is 0 Å². The summed E-state index contributed by atoms with van der Waals surface area (Å²) >= 11 is 0. The van der Waals surface area contributed by atoms with Gasteiger partial charge in [0, 0.05) is 24.5 Å². The van der Waals surface area contributed by atoms with Crippen molar-refractivity contribution >= 4 is 17.6 Å². The van der Waals surface area contributed by atoms with Gasteiger partial charge in [-0.05, 0) is 30.2 Å². The molecule has 1 aromatic carbocycles. The molecule has 0 saturated carbocycles. The fraction of sp³-hybridized carbons (Fsp3) is 0.133. The maximum absolute atomic E-state index is 12.5. The Bertz CT molecular complexity index is 774. The predicted molar refractivity (Wildman–Crippen MR) is 75.8 cm³/mol. The highest BCUT2D eigenvalue weighted by molar-refractivity contribution is 6.07. The summed E-state index contributed by atoms with van der Waals surface area (Å²) in [5.41, 5.74) is 1.79. The van der Waals surface area contributed by atoms with Crippen molar-refractivity contribution in [1.29, 1.82) is 0 Å². The summed E-state index contributed by atoms with van der Waals surface area (Å²) in [7, 11) is 0. The van der Waals surface area contributed by atoms with Crippen LogP contribution in [0.1, 0.15) is 26.3 Å². The minimum absolute atomic E-state index is 0.148. The van der Waals surface area contributed by atoms with E-state index in [1.165, 1.54) is 35.4 Å². The number of aromatic amines is 1.